The van der Waals surface area contributed by atoms with E-state index in [0.717, 1.165) is 19.5 Å². The van der Waals surface area contributed by atoms with E-state index in [-0.39, 0.29) is 5.82 Å². The zero-order chi connectivity index (χ0) is 17.7. The highest BCUT2D eigenvalue weighted by molar-refractivity contribution is 6.66. The molecule has 2 aromatic rings. The standard InChI is InChI=1S/C17H21Cl3N4/c1-4-24(5-2)14-8-6-13(12(3)10-14)7-9-15-21-11-22-16(23-15)17(18,19)20/h6,8,10-11H,4-5,7,9H2,1-3H3. The van der Waals surface area contributed by atoms with Gasteiger partial charge in [-0.1, -0.05) is 40.9 Å². The minimum Gasteiger partial charge on any atom is -0.372 e. The number of hydrogen-bond acceptors (Lipinski definition) is 4. The number of hydrogen-bond donors (Lipinski definition) is 0. The molecule has 0 N–H and O–H groups in total. The van der Waals surface area contributed by atoms with Crippen molar-refractivity contribution in [2.24, 2.45) is 0 Å². The first-order valence-electron chi connectivity index (χ1n) is 7.94. The molecular weight excluding hydrogens is 367 g/mol. The van der Waals surface area contributed by atoms with Gasteiger partial charge in [-0.15, -0.1) is 0 Å². The third-order valence-corrected chi connectivity index (χ3v) is 4.46. The van der Waals surface area contributed by atoms with Crippen molar-refractivity contribution < 1.29 is 0 Å². The maximum absolute atomic E-state index is 5.82. The van der Waals surface area contributed by atoms with Crippen molar-refractivity contribution in [3.63, 3.8) is 0 Å². The number of halogens is 3. The summed E-state index contributed by atoms with van der Waals surface area (Å²) in [5.74, 6) is 0.782. The first-order valence-corrected chi connectivity index (χ1v) is 9.08. The fourth-order valence-corrected chi connectivity index (χ4v) is 2.85. The van der Waals surface area contributed by atoms with Crippen LogP contribution in [0.5, 0.6) is 0 Å². The van der Waals surface area contributed by atoms with Gasteiger partial charge in [-0.05, 0) is 50.5 Å². The summed E-state index contributed by atoms with van der Waals surface area (Å²) in [5.41, 5.74) is 3.77. The zero-order valence-corrected chi connectivity index (χ0v) is 16.3. The summed E-state index contributed by atoms with van der Waals surface area (Å²) in [6.07, 6.45) is 2.88. The summed E-state index contributed by atoms with van der Waals surface area (Å²) in [6, 6.07) is 6.55. The lowest BCUT2D eigenvalue weighted by molar-refractivity contribution is 0.794. The van der Waals surface area contributed by atoms with Gasteiger partial charge in [0.1, 0.15) is 12.2 Å². The Balaban J connectivity index is 2.10. The fourth-order valence-electron chi connectivity index (χ4n) is 2.58. The molecule has 0 fully saturated rings. The lowest BCUT2D eigenvalue weighted by Gasteiger charge is -2.22. The molecule has 0 radical (unpaired) electrons. The van der Waals surface area contributed by atoms with E-state index in [1.165, 1.54) is 23.1 Å². The average molecular weight is 388 g/mol. The Kier molecular flexibility index (Phi) is 6.67. The van der Waals surface area contributed by atoms with Crippen molar-refractivity contribution >= 4 is 40.5 Å². The molecule has 0 atom stereocenters. The van der Waals surface area contributed by atoms with Crippen LogP contribution in [0.2, 0.25) is 0 Å². The smallest absolute Gasteiger partial charge is 0.250 e. The molecule has 0 saturated heterocycles. The number of nitrogens with zero attached hydrogens (tertiary/aromatic N) is 4. The van der Waals surface area contributed by atoms with Gasteiger partial charge in [0.2, 0.25) is 3.79 Å². The van der Waals surface area contributed by atoms with Crippen LogP contribution in [-0.2, 0) is 16.6 Å². The predicted octanol–water partition coefficient (Wildman–Crippen LogP) is 4.64. The second-order valence-electron chi connectivity index (χ2n) is 5.51. The number of alkyl halides is 3. The summed E-state index contributed by atoms with van der Waals surface area (Å²) in [6.45, 7) is 8.45. The van der Waals surface area contributed by atoms with Gasteiger partial charge in [0, 0.05) is 25.2 Å². The van der Waals surface area contributed by atoms with Gasteiger partial charge in [-0.2, -0.15) is 0 Å². The van der Waals surface area contributed by atoms with Crippen LogP contribution < -0.4 is 4.90 Å². The molecule has 1 aromatic heterocycles. The molecule has 130 valence electrons. The van der Waals surface area contributed by atoms with Gasteiger partial charge in [-0.25, -0.2) is 15.0 Å². The third kappa shape index (κ3) is 4.95. The molecule has 2 rings (SSSR count). The Morgan fingerprint density at radius 3 is 2.33 bits per heavy atom. The molecular formula is C17H21Cl3N4. The minimum atomic E-state index is -1.63. The molecule has 7 heteroatoms. The Hall–Kier alpha value is -1.10. The van der Waals surface area contributed by atoms with Crippen LogP contribution >= 0.6 is 34.8 Å². The number of anilines is 1. The van der Waals surface area contributed by atoms with Gasteiger partial charge in [0.05, 0.1) is 0 Å². The highest BCUT2D eigenvalue weighted by Gasteiger charge is 2.26. The van der Waals surface area contributed by atoms with E-state index in [0.29, 0.717) is 12.2 Å². The largest absolute Gasteiger partial charge is 0.372 e. The average Bonchev–Trinajstić information content (AvgIpc) is 2.55. The molecule has 0 unspecified atom stereocenters. The Bertz CT molecular complexity index is 682. The van der Waals surface area contributed by atoms with Crippen molar-refractivity contribution in [2.45, 2.75) is 37.4 Å². The van der Waals surface area contributed by atoms with E-state index in [1.807, 2.05) is 0 Å². The maximum atomic E-state index is 5.82. The van der Waals surface area contributed by atoms with Crippen LogP contribution in [-0.4, -0.2) is 28.0 Å². The molecule has 0 amide bonds. The molecule has 0 aliphatic rings. The third-order valence-electron chi connectivity index (χ3n) is 3.95. The van der Waals surface area contributed by atoms with Crippen molar-refractivity contribution in [1.29, 1.82) is 0 Å². The summed E-state index contributed by atoms with van der Waals surface area (Å²) < 4.78 is -1.63. The first kappa shape index (κ1) is 19.2. The lowest BCUT2D eigenvalue weighted by Crippen LogP contribution is -2.21. The van der Waals surface area contributed by atoms with E-state index in [9.17, 15) is 0 Å². The molecule has 0 spiro atoms. The minimum absolute atomic E-state index is 0.158. The van der Waals surface area contributed by atoms with Gasteiger partial charge in [0.15, 0.2) is 5.82 Å². The van der Waals surface area contributed by atoms with Gasteiger partial charge >= 0.3 is 0 Å². The molecule has 4 nitrogen and oxygen atoms in total. The molecule has 1 heterocycles. The zero-order valence-electron chi connectivity index (χ0n) is 14.1. The molecule has 24 heavy (non-hydrogen) atoms. The highest BCUT2D eigenvalue weighted by Crippen LogP contribution is 2.35. The van der Waals surface area contributed by atoms with Crippen LogP contribution in [0.25, 0.3) is 0 Å². The van der Waals surface area contributed by atoms with Crippen molar-refractivity contribution in [1.82, 2.24) is 15.0 Å². The SMILES string of the molecule is CCN(CC)c1ccc(CCc2ncnc(C(Cl)(Cl)Cl)n2)c(C)c1. The Labute approximate surface area is 158 Å². The van der Waals surface area contributed by atoms with Gasteiger partial charge in [-0.3, -0.25) is 0 Å². The number of rotatable bonds is 6. The lowest BCUT2D eigenvalue weighted by atomic mass is 10.0. The van der Waals surface area contributed by atoms with E-state index in [1.54, 1.807) is 0 Å². The van der Waals surface area contributed by atoms with E-state index in [4.69, 9.17) is 34.8 Å². The Morgan fingerprint density at radius 1 is 1.04 bits per heavy atom. The molecule has 0 bridgehead atoms. The second-order valence-corrected chi connectivity index (χ2v) is 7.79. The summed E-state index contributed by atoms with van der Waals surface area (Å²) in [4.78, 5) is 14.6. The quantitative estimate of drug-likeness (QED) is 0.677. The van der Waals surface area contributed by atoms with Crippen molar-refractivity contribution in [3.05, 3.63) is 47.3 Å². The molecule has 0 saturated carbocycles. The van der Waals surface area contributed by atoms with Crippen molar-refractivity contribution in [2.75, 3.05) is 18.0 Å². The van der Waals surface area contributed by atoms with Gasteiger partial charge < -0.3 is 4.90 Å². The summed E-state index contributed by atoms with van der Waals surface area (Å²) in [5, 5.41) is 0. The highest BCUT2D eigenvalue weighted by atomic mass is 35.6. The summed E-state index contributed by atoms with van der Waals surface area (Å²) >= 11 is 17.5. The van der Waals surface area contributed by atoms with Crippen molar-refractivity contribution in [3.8, 4) is 0 Å². The van der Waals surface area contributed by atoms with Crippen LogP contribution in [0.15, 0.2) is 24.5 Å². The fraction of sp³-hybridized carbons (Fsp3) is 0.471. The second kappa shape index (κ2) is 8.32. The number of benzene rings is 1. The van der Waals surface area contributed by atoms with Crippen LogP contribution in [0.1, 0.15) is 36.6 Å². The first-order chi connectivity index (χ1) is 11.3. The molecule has 1 aromatic carbocycles. The normalized spacial score (nSPS) is 11.6. The number of aromatic nitrogens is 3. The predicted molar refractivity (Wildman–Crippen MR) is 101 cm³/mol. The maximum Gasteiger partial charge on any atom is 0.250 e. The van der Waals surface area contributed by atoms with E-state index < -0.39 is 3.79 Å². The monoisotopic (exact) mass is 386 g/mol. The number of aryl methyl sites for hydroxylation is 3. The van der Waals surface area contributed by atoms with E-state index in [2.05, 4.69) is 58.8 Å². The molecule has 0 aliphatic carbocycles. The topological polar surface area (TPSA) is 41.9 Å². The van der Waals surface area contributed by atoms with Crippen LogP contribution in [0, 0.1) is 6.92 Å². The summed E-state index contributed by atoms with van der Waals surface area (Å²) in [7, 11) is 0. The Morgan fingerprint density at radius 2 is 1.75 bits per heavy atom. The van der Waals surface area contributed by atoms with Gasteiger partial charge in [0.25, 0.3) is 0 Å². The van der Waals surface area contributed by atoms with Crippen LogP contribution in [0.3, 0.4) is 0 Å². The van der Waals surface area contributed by atoms with Crippen LogP contribution in [0.4, 0.5) is 5.69 Å². The molecule has 0 aliphatic heterocycles. The van der Waals surface area contributed by atoms with E-state index >= 15 is 0 Å².